The zero-order valence-electron chi connectivity index (χ0n) is 11.8. The lowest BCUT2D eigenvalue weighted by atomic mass is 10.1. The van der Waals surface area contributed by atoms with Crippen LogP contribution in [0.25, 0.3) is 0 Å². The van der Waals surface area contributed by atoms with Gasteiger partial charge in [0.25, 0.3) is 0 Å². The fourth-order valence-corrected chi connectivity index (χ4v) is 3.24. The predicted octanol–water partition coefficient (Wildman–Crippen LogP) is 1.65. The number of alkyl halides is 3. The van der Waals surface area contributed by atoms with Gasteiger partial charge in [-0.1, -0.05) is 18.2 Å². The molecular weight excluding hydrogens is 336 g/mol. The van der Waals surface area contributed by atoms with Crippen molar-refractivity contribution >= 4 is 23.6 Å². The molecule has 23 heavy (non-hydrogen) atoms. The van der Waals surface area contributed by atoms with Gasteiger partial charge in [-0.2, -0.15) is 13.2 Å². The molecule has 0 bridgehead atoms. The maximum Gasteiger partial charge on any atom is 0.405 e. The minimum Gasteiger partial charge on any atom is -0.345 e. The van der Waals surface area contributed by atoms with E-state index in [1.807, 2.05) is 0 Å². The number of rotatable bonds is 4. The summed E-state index contributed by atoms with van der Waals surface area (Å²) in [5.74, 6) is -1.66. The molecule has 1 fully saturated rings. The van der Waals surface area contributed by atoms with Crippen LogP contribution in [0.15, 0.2) is 24.3 Å². The van der Waals surface area contributed by atoms with Crippen molar-refractivity contribution in [2.75, 3.05) is 12.3 Å². The Balaban J connectivity index is 1.89. The van der Waals surface area contributed by atoms with E-state index in [4.69, 9.17) is 0 Å². The normalized spacial score (nSPS) is 21.7. The Morgan fingerprint density at radius 2 is 2.04 bits per heavy atom. The van der Waals surface area contributed by atoms with Crippen LogP contribution in [-0.2, 0) is 16.0 Å². The fourth-order valence-electron chi connectivity index (χ4n) is 2.06. The van der Waals surface area contributed by atoms with Gasteiger partial charge in [-0.05, 0) is 18.1 Å². The molecule has 1 saturated heterocycles. The molecular formula is C14H14F4N2O2S. The Labute approximate surface area is 134 Å². The molecule has 2 N–H and O–H groups in total. The van der Waals surface area contributed by atoms with Crippen molar-refractivity contribution in [2.45, 2.75) is 23.9 Å². The maximum absolute atomic E-state index is 13.6. The average Bonchev–Trinajstić information content (AvgIpc) is 2.48. The van der Waals surface area contributed by atoms with Crippen molar-refractivity contribution in [1.29, 1.82) is 0 Å². The van der Waals surface area contributed by atoms with Crippen LogP contribution in [0.3, 0.4) is 0 Å². The van der Waals surface area contributed by atoms with Gasteiger partial charge in [0, 0.05) is 5.75 Å². The molecule has 1 aromatic carbocycles. The smallest absolute Gasteiger partial charge is 0.345 e. The lowest BCUT2D eigenvalue weighted by molar-refractivity contribution is -0.140. The molecule has 0 saturated carbocycles. The second-order valence-electron chi connectivity index (χ2n) is 5.01. The highest BCUT2D eigenvalue weighted by atomic mass is 32.2. The summed E-state index contributed by atoms with van der Waals surface area (Å²) >= 11 is 1.12. The second kappa shape index (κ2) is 7.20. The van der Waals surface area contributed by atoms with Gasteiger partial charge < -0.3 is 10.6 Å². The summed E-state index contributed by atoms with van der Waals surface area (Å²) in [5.41, 5.74) is 0.375. The van der Waals surface area contributed by atoms with Crippen molar-refractivity contribution in [1.82, 2.24) is 10.6 Å². The van der Waals surface area contributed by atoms with Crippen molar-refractivity contribution in [3.63, 3.8) is 0 Å². The summed E-state index contributed by atoms with van der Waals surface area (Å²) in [6.45, 7) is -1.44. The number of nitrogens with one attached hydrogen (secondary N) is 2. The zero-order chi connectivity index (χ0) is 17.0. The third-order valence-electron chi connectivity index (χ3n) is 3.22. The molecule has 0 unspecified atom stereocenters. The highest BCUT2D eigenvalue weighted by Crippen LogP contribution is 2.23. The summed E-state index contributed by atoms with van der Waals surface area (Å²) < 4.78 is 49.8. The maximum atomic E-state index is 13.6. The van der Waals surface area contributed by atoms with Gasteiger partial charge in [0.05, 0.1) is 5.25 Å². The Bertz CT molecular complexity index is 594. The first-order chi connectivity index (χ1) is 10.8. The van der Waals surface area contributed by atoms with Gasteiger partial charge in [0.1, 0.15) is 18.4 Å². The quantitative estimate of drug-likeness (QED) is 0.812. The minimum atomic E-state index is -4.51. The molecule has 0 radical (unpaired) electrons. The Kier molecular flexibility index (Phi) is 5.51. The molecule has 2 amide bonds. The molecule has 2 atom stereocenters. The molecule has 2 rings (SSSR count). The van der Waals surface area contributed by atoms with Crippen LogP contribution in [0.4, 0.5) is 17.6 Å². The van der Waals surface area contributed by atoms with E-state index >= 15 is 0 Å². The second-order valence-corrected chi connectivity index (χ2v) is 6.25. The number of hydrogen-bond donors (Lipinski definition) is 2. The number of amides is 2. The number of halogens is 4. The SMILES string of the molecule is O=C1N[C@@H](C(=O)NCC(F)(F)F)CS[C@H]1Cc1ccccc1F. The average molecular weight is 350 g/mol. The van der Waals surface area contributed by atoms with Crippen LogP contribution in [-0.4, -0.2) is 41.6 Å². The minimum absolute atomic E-state index is 0.133. The van der Waals surface area contributed by atoms with E-state index in [0.717, 1.165) is 11.8 Å². The van der Waals surface area contributed by atoms with Crippen molar-refractivity contribution in [3.05, 3.63) is 35.6 Å². The summed E-state index contributed by atoms with van der Waals surface area (Å²) in [7, 11) is 0. The van der Waals surface area contributed by atoms with Gasteiger partial charge in [-0.3, -0.25) is 9.59 Å². The molecule has 1 aliphatic heterocycles. The van der Waals surface area contributed by atoms with E-state index in [1.54, 1.807) is 17.4 Å². The third kappa shape index (κ3) is 5.12. The Morgan fingerprint density at radius 1 is 1.35 bits per heavy atom. The zero-order valence-corrected chi connectivity index (χ0v) is 12.6. The predicted molar refractivity (Wildman–Crippen MR) is 77.3 cm³/mol. The molecule has 126 valence electrons. The van der Waals surface area contributed by atoms with Crippen LogP contribution in [0, 0.1) is 5.82 Å². The van der Waals surface area contributed by atoms with Crippen LogP contribution in [0.2, 0.25) is 0 Å². The van der Waals surface area contributed by atoms with E-state index in [2.05, 4.69) is 5.32 Å². The highest BCUT2D eigenvalue weighted by Gasteiger charge is 2.34. The van der Waals surface area contributed by atoms with Crippen molar-refractivity contribution in [3.8, 4) is 0 Å². The molecule has 0 aromatic heterocycles. The summed E-state index contributed by atoms with van der Waals surface area (Å²) in [6, 6.07) is 5.01. The molecule has 4 nitrogen and oxygen atoms in total. The van der Waals surface area contributed by atoms with E-state index < -0.39 is 41.6 Å². The first-order valence-electron chi connectivity index (χ1n) is 6.76. The van der Waals surface area contributed by atoms with Crippen LogP contribution < -0.4 is 10.6 Å². The van der Waals surface area contributed by atoms with Crippen LogP contribution >= 0.6 is 11.8 Å². The molecule has 1 heterocycles. The van der Waals surface area contributed by atoms with E-state index in [9.17, 15) is 27.2 Å². The van der Waals surface area contributed by atoms with Gasteiger partial charge in [0.2, 0.25) is 11.8 Å². The summed E-state index contributed by atoms with van der Waals surface area (Å²) in [4.78, 5) is 23.6. The van der Waals surface area contributed by atoms with E-state index in [1.165, 1.54) is 12.1 Å². The monoisotopic (exact) mass is 350 g/mol. The molecule has 1 aromatic rings. The first-order valence-corrected chi connectivity index (χ1v) is 7.81. The van der Waals surface area contributed by atoms with Gasteiger partial charge in [0.15, 0.2) is 0 Å². The number of hydrogen-bond acceptors (Lipinski definition) is 3. The van der Waals surface area contributed by atoms with Gasteiger partial charge in [-0.15, -0.1) is 11.8 Å². The number of carbonyl (C=O) groups is 2. The Hall–Kier alpha value is -1.77. The Morgan fingerprint density at radius 3 is 2.65 bits per heavy atom. The first kappa shape index (κ1) is 17.6. The molecule has 9 heteroatoms. The highest BCUT2D eigenvalue weighted by molar-refractivity contribution is 8.00. The molecule has 0 aliphatic carbocycles. The van der Waals surface area contributed by atoms with Crippen molar-refractivity contribution in [2.24, 2.45) is 0 Å². The number of carbonyl (C=O) groups excluding carboxylic acids is 2. The van der Waals surface area contributed by atoms with Crippen LogP contribution in [0.5, 0.6) is 0 Å². The van der Waals surface area contributed by atoms with Crippen LogP contribution in [0.1, 0.15) is 5.56 Å². The number of thioether (sulfide) groups is 1. The number of benzene rings is 1. The topological polar surface area (TPSA) is 58.2 Å². The van der Waals surface area contributed by atoms with E-state index in [0.29, 0.717) is 5.56 Å². The molecule has 1 aliphatic rings. The standard InChI is InChI=1S/C14H14F4N2O2S/c15-9-4-2-1-3-8(9)5-11-13(22)20-10(6-23-11)12(21)19-7-14(16,17)18/h1-4,10-11H,5-7H2,(H,19,21)(H,20,22)/t10-,11+/m1/s1. The van der Waals surface area contributed by atoms with Gasteiger partial charge in [-0.25, -0.2) is 4.39 Å². The largest absolute Gasteiger partial charge is 0.405 e. The summed E-state index contributed by atoms with van der Waals surface area (Å²) in [5, 5.41) is 3.53. The lowest BCUT2D eigenvalue weighted by Crippen LogP contribution is -2.55. The van der Waals surface area contributed by atoms with Crippen molar-refractivity contribution < 1.29 is 27.2 Å². The molecule has 0 spiro atoms. The lowest BCUT2D eigenvalue weighted by Gasteiger charge is -2.28. The third-order valence-corrected chi connectivity index (χ3v) is 4.52. The van der Waals surface area contributed by atoms with Gasteiger partial charge >= 0.3 is 6.18 Å². The summed E-state index contributed by atoms with van der Waals surface area (Å²) in [6.07, 6.45) is -4.35. The fraction of sp³-hybridized carbons (Fsp3) is 0.429. The van der Waals surface area contributed by atoms with E-state index in [-0.39, 0.29) is 12.2 Å².